The van der Waals surface area contributed by atoms with E-state index in [0.717, 1.165) is 18.6 Å². The third-order valence-corrected chi connectivity index (χ3v) is 4.40. The standard InChI is InChI=1S/C17H26N2/c1-14-5-4-6-15(11-14)12-19(17-8-9-17)13-16-7-2-3-10-18-16/h4-6,11,16-18H,2-3,7-10,12-13H2,1H3. The lowest BCUT2D eigenvalue weighted by Crippen LogP contribution is -2.44. The maximum atomic E-state index is 3.69. The van der Waals surface area contributed by atoms with Crippen LogP contribution in [0.1, 0.15) is 43.2 Å². The van der Waals surface area contributed by atoms with Crippen molar-refractivity contribution in [2.24, 2.45) is 0 Å². The first-order valence-electron chi connectivity index (χ1n) is 7.84. The van der Waals surface area contributed by atoms with E-state index in [0.29, 0.717) is 0 Å². The third-order valence-electron chi connectivity index (χ3n) is 4.40. The van der Waals surface area contributed by atoms with Gasteiger partial charge in [0.1, 0.15) is 0 Å². The molecule has 2 nitrogen and oxygen atoms in total. The summed E-state index contributed by atoms with van der Waals surface area (Å²) in [5, 5.41) is 3.69. The molecule has 0 aromatic heterocycles. The van der Waals surface area contributed by atoms with Gasteiger partial charge in [0.25, 0.3) is 0 Å². The maximum absolute atomic E-state index is 3.69. The number of nitrogens with one attached hydrogen (secondary N) is 1. The molecule has 19 heavy (non-hydrogen) atoms. The summed E-state index contributed by atoms with van der Waals surface area (Å²) in [6.45, 7) is 5.77. The summed E-state index contributed by atoms with van der Waals surface area (Å²) in [4.78, 5) is 2.71. The maximum Gasteiger partial charge on any atom is 0.0237 e. The topological polar surface area (TPSA) is 15.3 Å². The zero-order valence-electron chi connectivity index (χ0n) is 12.1. The third kappa shape index (κ3) is 3.80. The molecule has 1 saturated carbocycles. The molecule has 0 bridgehead atoms. The summed E-state index contributed by atoms with van der Waals surface area (Å²) in [7, 11) is 0. The molecule has 1 aromatic rings. The molecule has 2 fully saturated rings. The predicted octanol–water partition coefficient (Wildman–Crippen LogP) is 3.10. The fourth-order valence-electron chi connectivity index (χ4n) is 3.19. The van der Waals surface area contributed by atoms with Crippen LogP contribution in [0.15, 0.2) is 24.3 Å². The van der Waals surface area contributed by atoms with Crippen LogP contribution in [-0.4, -0.2) is 30.1 Å². The fraction of sp³-hybridized carbons (Fsp3) is 0.647. The molecular weight excluding hydrogens is 232 g/mol. The molecule has 2 aliphatic rings. The molecule has 1 saturated heterocycles. The van der Waals surface area contributed by atoms with Gasteiger partial charge >= 0.3 is 0 Å². The first-order chi connectivity index (χ1) is 9.31. The van der Waals surface area contributed by atoms with Crippen LogP contribution in [0, 0.1) is 6.92 Å². The molecule has 2 heteroatoms. The van der Waals surface area contributed by atoms with Crippen molar-refractivity contribution < 1.29 is 0 Å². The van der Waals surface area contributed by atoms with Crippen molar-refractivity contribution in [3.8, 4) is 0 Å². The average Bonchev–Trinajstić information content (AvgIpc) is 3.23. The smallest absolute Gasteiger partial charge is 0.0237 e. The molecule has 0 amide bonds. The van der Waals surface area contributed by atoms with Gasteiger partial charge in [-0.25, -0.2) is 0 Å². The molecular formula is C17H26N2. The van der Waals surface area contributed by atoms with Crippen LogP contribution in [0.3, 0.4) is 0 Å². The minimum absolute atomic E-state index is 0.721. The SMILES string of the molecule is Cc1cccc(CN(CC2CCCCN2)C2CC2)c1. The Balaban J connectivity index is 1.60. The quantitative estimate of drug-likeness (QED) is 0.873. The summed E-state index contributed by atoms with van der Waals surface area (Å²) in [6, 6.07) is 10.6. The highest BCUT2D eigenvalue weighted by molar-refractivity contribution is 5.22. The minimum atomic E-state index is 0.721. The monoisotopic (exact) mass is 258 g/mol. The van der Waals surface area contributed by atoms with Crippen LogP contribution in [0.5, 0.6) is 0 Å². The zero-order chi connectivity index (χ0) is 13.1. The van der Waals surface area contributed by atoms with Gasteiger partial charge in [-0.15, -0.1) is 0 Å². The first kappa shape index (κ1) is 13.1. The normalized spacial score (nSPS) is 23.8. The van der Waals surface area contributed by atoms with Gasteiger partial charge in [0, 0.05) is 25.2 Å². The lowest BCUT2D eigenvalue weighted by Gasteiger charge is -2.30. The van der Waals surface area contributed by atoms with E-state index in [-0.39, 0.29) is 0 Å². The van der Waals surface area contributed by atoms with Crippen LogP contribution < -0.4 is 5.32 Å². The number of nitrogens with zero attached hydrogens (tertiary/aromatic N) is 1. The van der Waals surface area contributed by atoms with Crippen LogP contribution in [0.4, 0.5) is 0 Å². The second kappa shape index (κ2) is 6.06. The molecule has 1 aliphatic carbocycles. The van der Waals surface area contributed by atoms with Crippen molar-refractivity contribution in [1.82, 2.24) is 10.2 Å². The van der Waals surface area contributed by atoms with E-state index < -0.39 is 0 Å². The van der Waals surface area contributed by atoms with Crippen molar-refractivity contribution in [3.63, 3.8) is 0 Å². The van der Waals surface area contributed by atoms with Crippen molar-refractivity contribution in [3.05, 3.63) is 35.4 Å². The zero-order valence-corrected chi connectivity index (χ0v) is 12.1. The van der Waals surface area contributed by atoms with Crippen LogP contribution in [0.2, 0.25) is 0 Å². The summed E-state index contributed by atoms with van der Waals surface area (Å²) >= 11 is 0. The van der Waals surface area contributed by atoms with E-state index in [2.05, 4.69) is 41.4 Å². The molecule has 1 aliphatic heterocycles. The Morgan fingerprint density at radius 1 is 1.21 bits per heavy atom. The van der Waals surface area contributed by atoms with E-state index in [1.165, 1.54) is 56.3 Å². The minimum Gasteiger partial charge on any atom is -0.313 e. The number of piperidine rings is 1. The summed E-state index contributed by atoms with van der Waals surface area (Å²) in [5.74, 6) is 0. The highest BCUT2D eigenvalue weighted by Crippen LogP contribution is 2.29. The molecule has 1 atom stereocenters. The van der Waals surface area contributed by atoms with Crippen molar-refractivity contribution in [1.29, 1.82) is 0 Å². The molecule has 1 aromatic carbocycles. The van der Waals surface area contributed by atoms with E-state index in [1.807, 2.05) is 0 Å². The Morgan fingerprint density at radius 3 is 2.79 bits per heavy atom. The second-order valence-electron chi connectivity index (χ2n) is 6.30. The fourth-order valence-corrected chi connectivity index (χ4v) is 3.19. The second-order valence-corrected chi connectivity index (χ2v) is 6.30. The molecule has 0 spiro atoms. The lowest BCUT2D eigenvalue weighted by atomic mass is 10.0. The molecule has 1 unspecified atom stereocenters. The van der Waals surface area contributed by atoms with E-state index >= 15 is 0 Å². The van der Waals surface area contributed by atoms with Crippen LogP contribution in [-0.2, 0) is 6.54 Å². The Kier molecular flexibility index (Phi) is 4.19. The van der Waals surface area contributed by atoms with E-state index in [4.69, 9.17) is 0 Å². The van der Waals surface area contributed by atoms with Crippen molar-refractivity contribution in [2.75, 3.05) is 13.1 Å². The highest BCUT2D eigenvalue weighted by atomic mass is 15.2. The number of hydrogen-bond acceptors (Lipinski definition) is 2. The summed E-state index contributed by atoms with van der Waals surface area (Å²) in [6.07, 6.45) is 6.92. The number of aryl methyl sites for hydroxylation is 1. The molecule has 104 valence electrons. The van der Waals surface area contributed by atoms with Crippen molar-refractivity contribution in [2.45, 2.75) is 57.7 Å². The molecule has 1 heterocycles. The lowest BCUT2D eigenvalue weighted by molar-refractivity contribution is 0.208. The van der Waals surface area contributed by atoms with Gasteiger partial charge in [0.05, 0.1) is 0 Å². The van der Waals surface area contributed by atoms with Gasteiger partial charge in [-0.3, -0.25) is 4.90 Å². The Bertz CT molecular complexity index is 405. The average molecular weight is 258 g/mol. The predicted molar refractivity (Wildman–Crippen MR) is 80.3 cm³/mol. The molecule has 0 radical (unpaired) electrons. The molecule has 1 N–H and O–H groups in total. The Labute approximate surface area is 117 Å². The van der Waals surface area contributed by atoms with E-state index in [1.54, 1.807) is 0 Å². The van der Waals surface area contributed by atoms with Crippen LogP contribution >= 0.6 is 0 Å². The van der Waals surface area contributed by atoms with Gasteiger partial charge < -0.3 is 5.32 Å². The van der Waals surface area contributed by atoms with Gasteiger partial charge in [0.15, 0.2) is 0 Å². The summed E-state index contributed by atoms with van der Waals surface area (Å²) in [5.41, 5.74) is 2.85. The van der Waals surface area contributed by atoms with E-state index in [9.17, 15) is 0 Å². The number of benzene rings is 1. The number of hydrogen-bond donors (Lipinski definition) is 1. The molecule has 3 rings (SSSR count). The summed E-state index contributed by atoms with van der Waals surface area (Å²) < 4.78 is 0. The number of rotatable bonds is 5. The van der Waals surface area contributed by atoms with Gasteiger partial charge in [-0.2, -0.15) is 0 Å². The Hall–Kier alpha value is -0.860. The van der Waals surface area contributed by atoms with Crippen LogP contribution in [0.25, 0.3) is 0 Å². The highest BCUT2D eigenvalue weighted by Gasteiger charge is 2.30. The van der Waals surface area contributed by atoms with Gasteiger partial charge in [-0.05, 0) is 44.7 Å². The first-order valence-corrected chi connectivity index (χ1v) is 7.84. The van der Waals surface area contributed by atoms with Gasteiger partial charge in [-0.1, -0.05) is 36.2 Å². The largest absolute Gasteiger partial charge is 0.313 e. The Morgan fingerprint density at radius 2 is 2.11 bits per heavy atom. The van der Waals surface area contributed by atoms with Crippen molar-refractivity contribution >= 4 is 0 Å². The van der Waals surface area contributed by atoms with Gasteiger partial charge in [0.2, 0.25) is 0 Å².